The second-order valence-corrected chi connectivity index (χ2v) is 7.31. The number of hydrogen-bond acceptors (Lipinski definition) is 4. The lowest BCUT2D eigenvalue weighted by atomic mass is 9.79. The Labute approximate surface area is 157 Å². The van der Waals surface area contributed by atoms with Crippen LogP contribution in [0, 0.1) is 5.82 Å². The molecule has 0 amide bonds. The molecule has 27 heavy (non-hydrogen) atoms. The van der Waals surface area contributed by atoms with E-state index in [4.69, 9.17) is 4.74 Å². The molecule has 3 rings (SSSR count). The van der Waals surface area contributed by atoms with Gasteiger partial charge in [0.1, 0.15) is 11.6 Å². The maximum atomic E-state index is 13.8. The first-order valence-electron chi connectivity index (χ1n) is 8.77. The van der Waals surface area contributed by atoms with Crippen LogP contribution in [0.1, 0.15) is 25.8 Å². The average molecular weight is 370 g/mol. The van der Waals surface area contributed by atoms with Crippen molar-refractivity contribution in [2.75, 3.05) is 7.11 Å². The molecule has 0 saturated heterocycles. The molecule has 2 aromatic heterocycles. The highest BCUT2D eigenvalue weighted by Gasteiger charge is 2.28. The summed E-state index contributed by atoms with van der Waals surface area (Å²) in [7, 11) is 1.55. The Kier molecular flexibility index (Phi) is 5.28. The van der Waals surface area contributed by atoms with E-state index in [0.29, 0.717) is 29.7 Å². The van der Waals surface area contributed by atoms with Gasteiger partial charge in [-0.05, 0) is 36.1 Å². The summed E-state index contributed by atoms with van der Waals surface area (Å²) in [6.07, 6.45) is 4.51. The maximum absolute atomic E-state index is 13.8. The smallest absolute Gasteiger partial charge is 0.190 e. The van der Waals surface area contributed by atoms with Crippen LogP contribution in [0.25, 0.3) is 10.9 Å². The molecule has 0 radical (unpaired) electrons. The topological polar surface area (TPSA) is 64.3 Å². The van der Waals surface area contributed by atoms with E-state index in [1.54, 1.807) is 31.6 Å². The molecule has 0 bridgehead atoms. The number of halogens is 1. The van der Waals surface area contributed by atoms with E-state index in [0.717, 1.165) is 5.52 Å². The molecule has 0 aliphatic rings. The number of nitrogens with zero attached hydrogens (tertiary/aromatic N) is 2. The lowest BCUT2D eigenvalue weighted by Gasteiger charge is -2.30. The fourth-order valence-electron chi connectivity index (χ4n) is 3.51. The molecule has 1 aromatic carbocycles. The van der Waals surface area contributed by atoms with Gasteiger partial charge in [-0.25, -0.2) is 4.39 Å². The summed E-state index contributed by atoms with van der Waals surface area (Å²) in [6.45, 7) is 4.20. The lowest BCUT2D eigenvalue weighted by Crippen LogP contribution is -2.28. The molecule has 1 unspecified atom stereocenters. The summed E-state index contributed by atoms with van der Waals surface area (Å²) < 4.78 is 21.0. The minimum absolute atomic E-state index is 0.103. The number of rotatable bonds is 6. The van der Waals surface area contributed by atoms with Gasteiger partial charge in [-0.15, -0.1) is 0 Å². The van der Waals surface area contributed by atoms with E-state index in [2.05, 4.69) is 4.98 Å². The molecule has 1 N–H and O–H groups in total. The van der Waals surface area contributed by atoms with Gasteiger partial charge in [0.2, 0.25) is 0 Å². The van der Waals surface area contributed by atoms with Crippen molar-refractivity contribution in [2.24, 2.45) is 0 Å². The van der Waals surface area contributed by atoms with Crippen molar-refractivity contribution in [1.29, 1.82) is 0 Å². The Morgan fingerprint density at radius 1 is 1.30 bits per heavy atom. The van der Waals surface area contributed by atoms with Gasteiger partial charge in [-0.3, -0.25) is 9.78 Å². The fraction of sp³-hybridized carbons (Fsp3) is 0.333. The van der Waals surface area contributed by atoms with E-state index in [9.17, 15) is 14.3 Å². The van der Waals surface area contributed by atoms with Crippen LogP contribution in [0.4, 0.5) is 4.39 Å². The highest BCUT2D eigenvalue weighted by molar-refractivity contribution is 5.77. The van der Waals surface area contributed by atoms with Crippen molar-refractivity contribution in [1.82, 2.24) is 9.55 Å². The van der Waals surface area contributed by atoms with Gasteiger partial charge in [0, 0.05) is 36.8 Å². The molecule has 0 spiro atoms. The summed E-state index contributed by atoms with van der Waals surface area (Å²) in [5.41, 5.74) is 0.813. The van der Waals surface area contributed by atoms with Gasteiger partial charge in [0.25, 0.3) is 0 Å². The van der Waals surface area contributed by atoms with Crippen molar-refractivity contribution in [3.8, 4) is 5.75 Å². The van der Waals surface area contributed by atoms with Crippen LogP contribution in [-0.2, 0) is 12.0 Å². The number of ether oxygens (including phenoxy) is 1. The molecule has 1 atom stereocenters. The largest absolute Gasteiger partial charge is 0.496 e. The number of aliphatic hydroxyl groups excluding tert-OH is 1. The molecule has 142 valence electrons. The number of methoxy groups -OCH3 is 1. The van der Waals surface area contributed by atoms with E-state index >= 15 is 0 Å². The Morgan fingerprint density at radius 2 is 2.07 bits per heavy atom. The van der Waals surface area contributed by atoms with Crippen molar-refractivity contribution in [2.45, 2.75) is 38.3 Å². The van der Waals surface area contributed by atoms with Gasteiger partial charge in [0.05, 0.1) is 24.1 Å². The zero-order chi connectivity index (χ0) is 19.6. The molecular formula is C21H23FN2O3. The first kappa shape index (κ1) is 19.0. The van der Waals surface area contributed by atoms with Gasteiger partial charge >= 0.3 is 0 Å². The second-order valence-electron chi connectivity index (χ2n) is 7.31. The third-order valence-corrected chi connectivity index (χ3v) is 4.82. The highest BCUT2D eigenvalue weighted by atomic mass is 19.1. The average Bonchev–Trinajstić information content (AvgIpc) is 2.64. The van der Waals surface area contributed by atoms with Gasteiger partial charge in [-0.2, -0.15) is 0 Å². The predicted molar refractivity (Wildman–Crippen MR) is 103 cm³/mol. The number of benzene rings is 1. The Hall–Kier alpha value is -2.73. The summed E-state index contributed by atoms with van der Waals surface area (Å²) in [5.74, 6) is 0.251. The minimum atomic E-state index is -0.702. The first-order chi connectivity index (χ1) is 12.8. The van der Waals surface area contributed by atoms with Crippen LogP contribution in [0.15, 0.2) is 53.7 Å². The Bertz CT molecular complexity index is 1010. The zero-order valence-corrected chi connectivity index (χ0v) is 15.6. The SMILES string of the molecule is COc1ccc(F)cc1C(C)(C)CC(O)Cn1ccc(=O)c2cnccc21. The summed E-state index contributed by atoms with van der Waals surface area (Å²) in [6, 6.07) is 7.63. The van der Waals surface area contributed by atoms with Crippen molar-refractivity contribution >= 4 is 10.9 Å². The molecule has 6 heteroatoms. The Balaban J connectivity index is 1.86. The number of hydrogen-bond donors (Lipinski definition) is 1. The molecule has 0 aliphatic heterocycles. The van der Waals surface area contributed by atoms with Crippen molar-refractivity contribution in [3.63, 3.8) is 0 Å². The third kappa shape index (κ3) is 4.01. The van der Waals surface area contributed by atoms with Gasteiger partial charge in [0.15, 0.2) is 5.43 Å². The third-order valence-electron chi connectivity index (χ3n) is 4.82. The quantitative estimate of drug-likeness (QED) is 0.723. The van der Waals surface area contributed by atoms with Crippen molar-refractivity contribution in [3.05, 3.63) is 70.5 Å². The molecule has 0 aliphatic carbocycles. The van der Waals surface area contributed by atoms with E-state index in [1.165, 1.54) is 24.4 Å². The molecule has 5 nitrogen and oxygen atoms in total. The van der Waals surface area contributed by atoms with E-state index < -0.39 is 11.5 Å². The van der Waals surface area contributed by atoms with E-state index in [1.807, 2.05) is 18.4 Å². The van der Waals surface area contributed by atoms with Crippen LogP contribution in [0.5, 0.6) is 5.75 Å². The molecule has 0 fully saturated rings. The van der Waals surface area contributed by atoms with Gasteiger partial charge in [-0.1, -0.05) is 13.8 Å². The molecule has 3 aromatic rings. The summed E-state index contributed by atoms with van der Waals surface area (Å²) >= 11 is 0. The number of aromatic nitrogens is 2. The fourth-order valence-corrected chi connectivity index (χ4v) is 3.51. The second kappa shape index (κ2) is 7.48. The maximum Gasteiger partial charge on any atom is 0.190 e. The normalized spacial score (nSPS) is 12.9. The lowest BCUT2D eigenvalue weighted by molar-refractivity contribution is 0.121. The van der Waals surface area contributed by atoms with Crippen LogP contribution in [-0.4, -0.2) is 27.9 Å². The van der Waals surface area contributed by atoms with Crippen LogP contribution < -0.4 is 10.2 Å². The van der Waals surface area contributed by atoms with Crippen LogP contribution >= 0.6 is 0 Å². The number of fused-ring (bicyclic) bond motifs is 1. The predicted octanol–water partition coefficient (Wildman–Crippen LogP) is 3.27. The molecule has 0 saturated carbocycles. The minimum Gasteiger partial charge on any atom is -0.496 e. The highest BCUT2D eigenvalue weighted by Crippen LogP contribution is 2.36. The summed E-state index contributed by atoms with van der Waals surface area (Å²) in [4.78, 5) is 16.0. The van der Waals surface area contributed by atoms with Crippen molar-refractivity contribution < 1.29 is 14.2 Å². The first-order valence-corrected chi connectivity index (χ1v) is 8.77. The monoisotopic (exact) mass is 370 g/mol. The summed E-state index contributed by atoms with van der Waals surface area (Å²) in [5, 5.41) is 11.2. The van der Waals surface area contributed by atoms with Crippen LogP contribution in [0.2, 0.25) is 0 Å². The molecule has 2 heterocycles. The van der Waals surface area contributed by atoms with Gasteiger partial charge < -0.3 is 14.4 Å². The number of aliphatic hydroxyl groups is 1. The van der Waals surface area contributed by atoms with E-state index in [-0.39, 0.29) is 11.2 Å². The molecular weight excluding hydrogens is 347 g/mol. The van der Waals surface area contributed by atoms with Crippen LogP contribution in [0.3, 0.4) is 0 Å². The Morgan fingerprint density at radius 3 is 2.81 bits per heavy atom. The standard InChI is InChI=1S/C21H23FN2O3/c1-21(2,17-10-14(22)4-5-20(17)27-3)11-15(25)13-24-9-7-19(26)16-12-23-8-6-18(16)24/h4-10,12,15,25H,11,13H2,1-3H3. The zero-order valence-electron chi connectivity index (χ0n) is 15.6. The number of pyridine rings is 2.